The van der Waals surface area contributed by atoms with E-state index in [1.807, 2.05) is 0 Å². The standard InChI is InChI=1S/C6H6N3O2S/c7-9-5-2-1-3-6(4-5)12(8,10)11/h1-4H,(H2,8,10,11)/q+1. The van der Waals surface area contributed by atoms with Crippen LogP contribution >= 0.6 is 0 Å². The Hall–Kier alpha value is -1.45. The van der Waals surface area contributed by atoms with Gasteiger partial charge in [-0.25, -0.2) is 13.6 Å². The van der Waals surface area contributed by atoms with E-state index >= 15 is 0 Å². The number of sulfonamides is 1. The average molecular weight is 184 g/mol. The molecule has 5 nitrogen and oxygen atoms in total. The van der Waals surface area contributed by atoms with Gasteiger partial charge in [0.2, 0.25) is 15.4 Å². The van der Waals surface area contributed by atoms with Crippen molar-refractivity contribution in [1.29, 1.82) is 5.39 Å². The second-order valence-electron chi connectivity index (χ2n) is 2.14. The maximum atomic E-state index is 10.8. The summed E-state index contributed by atoms with van der Waals surface area (Å²) in [6.45, 7) is 0. The van der Waals surface area contributed by atoms with Gasteiger partial charge in [-0.05, 0) is 6.07 Å². The first kappa shape index (κ1) is 8.64. The lowest BCUT2D eigenvalue weighted by Gasteiger charge is -1.92. The highest BCUT2D eigenvalue weighted by molar-refractivity contribution is 7.89. The molecule has 0 atom stereocenters. The van der Waals surface area contributed by atoms with Gasteiger partial charge in [0, 0.05) is 6.07 Å². The predicted octanol–water partition coefficient (Wildman–Crippen LogP) is 0.819. The van der Waals surface area contributed by atoms with Crippen molar-refractivity contribution >= 4 is 15.7 Å². The molecule has 0 amide bonds. The van der Waals surface area contributed by atoms with Gasteiger partial charge in [-0.3, -0.25) is 0 Å². The molecule has 0 unspecified atom stereocenters. The number of nitrogens with two attached hydrogens (primary N) is 1. The summed E-state index contributed by atoms with van der Waals surface area (Å²) in [5.41, 5.74) is 0.154. The zero-order valence-corrected chi connectivity index (χ0v) is 6.82. The first-order chi connectivity index (χ1) is 5.54. The van der Waals surface area contributed by atoms with Crippen LogP contribution in [0.2, 0.25) is 0 Å². The predicted molar refractivity (Wildman–Crippen MR) is 42.6 cm³/mol. The fraction of sp³-hybridized carbons (Fsp3) is 0. The van der Waals surface area contributed by atoms with E-state index in [-0.39, 0.29) is 10.6 Å². The molecule has 2 N–H and O–H groups in total. The molecule has 0 saturated carbocycles. The summed E-state index contributed by atoms with van der Waals surface area (Å²) in [6, 6.07) is 5.39. The first-order valence-corrected chi connectivity index (χ1v) is 4.56. The second kappa shape index (κ2) is 2.89. The van der Waals surface area contributed by atoms with Crippen LogP contribution in [0.15, 0.2) is 29.2 Å². The molecule has 0 aliphatic carbocycles. The van der Waals surface area contributed by atoms with Crippen molar-refractivity contribution in [2.75, 3.05) is 0 Å². The third-order valence-electron chi connectivity index (χ3n) is 1.26. The Morgan fingerprint density at radius 2 is 2.08 bits per heavy atom. The Labute approximate surface area is 69.5 Å². The molecule has 1 aromatic rings. The van der Waals surface area contributed by atoms with Crippen molar-refractivity contribution in [3.8, 4) is 0 Å². The normalized spacial score (nSPS) is 10.7. The van der Waals surface area contributed by atoms with E-state index < -0.39 is 10.0 Å². The molecular weight excluding hydrogens is 178 g/mol. The van der Waals surface area contributed by atoms with Crippen molar-refractivity contribution in [2.45, 2.75) is 4.90 Å². The van der Waals surface area contributed by atoms with Crippen molar-refractivity contribution in [1.82, 2.24) is 0 Å². The van der Waals surface area contributed by atoms with E-state index in [4.69, 9.17) is 10.5 Å². The molecule has 0 aliphatic rings. The molecular formula is C6H6N3O2S+. The Balaban J connectivity index is 3.32. The van der Waals surface area contributed by atoms with Crippen molar-refractivity contribution in [3.63, 3.8) is 0 Å². The maximum Gasteiger partial charge on any atom is 0.386 e. The van der Waals surface area contributed by atoms with Crippen LogP contribution < -0.4 is 5.14 Å². The fourth-order valence-corrected chi connectivity index (χ4v) is 1.28. The van der Waals surface area contributed by atoms with Gasteiger partial charge in [0.15, 0.2) is 4.98 Å². The van der Waals surface area contributed by atoms with E-state index in [1.165, 1.54) is 24.3 Å². The summed E-state index contributed by atoms with van der Waals surface area (Å²) >= 11 is 0. The zero-order valence-electron chi connectivity index (χ0n) is 6.01. The van der Waals surface area contributed by atoms with Crippen LogP contribution in [0.3, 0.4) is 0 Å². The lowest BCUT2D eigenvalue weighted by atomic mass is 10.3. The van der Waals surface area contributed by atoms with Crippen LogP contribution in [0.5, 0.6) is 0 Å². The van der Waals surface area contributed by atoms with E-state index in [9.17, 15) is 8.42 Å². The second-order valence-corrected chi connectivity index (χ2v) is 3.70. The summed E-state index contributed by atoms with van der Waals surface area (Å²) in [5, 5.41) is 13.1. The molecule has 0 heterocycles. The Kier molecular flexibility index (Phi) is 2.08. The van der Waals surface area contributed by atoms with Gasteiger partial charge >= 0.3 is 5.69 Å². The van der Waals surface area contributed by atoms with Crippen molar-refractivity contribution < 1.29 is 8.42 Å². The van der Waals surface area contributed by atoms with E-state index in [2.05, 4.69) is 4.98 Å². The number of hydrogen-bond donors (Lipinski definition) is 1. The van der Waals surface area contributed by atoms with Gasteiger partial charge in [0.1, 0.15) is 0 Å². The largest absolute Gasteiger partial charge is 0.386 e. The molecule has 0 radical (unpaired) electrons. The highest BCUT2D eigenvalue weighted by Gasteiger charge is 2.12. The van der Waals surface area contributed by atoms with Gasteiger partial charge in [0.25, 0.3) is 0 Å². The minimum atomic E-state index is -3.71. The highest BCUT2D eigenvalue weighted by atomic mass is 32.2. The molecule has 0 fully saturated rings. The molecule has 0 bridgehead atoms. The van der Waals surface area contributed by atoms with Crippen LogP contribution in [0.1, 0.15) is 0 Å². The number of hydrogen-bond acceptors (Lipinski definition) is 3. The van der Waals surface area contributed by atoms with Crippen molar-refractivity contribution in [2.24, 2.45) is 5.14 Å². The SMILES string of the molecule is N#[N+]c1cccc(S(N)(=O)=O)c1. The Morgan fingerprint density at radius 1 is 1.42 bits per heavy atom. The monoisotopic (exact) mass is 184 g/mol. The van der Waals surface area contributed by atoms with Crippen molar-refractivity contribution in [3.05, 3.63) is 29.2 Å². The number of primary sulfonamides is 1. The molecule has 1 aromatic carbocycles. The number of benzene rings is 1. The molecule has 0 spiro atoms. The molecule has 0 saturated heterocycles. The Bertz CT molecular complexity index is 432. The van der Waals surface area contributed by atoms with Crippen LogP contribution in [-0.2, 0) is 10.0 Å². The quantitative estimate of drug-likeness (QED) is 0.655. The van der Waals surface area contributed by atoms with Crippen LogP contribution in [0.4, 0.5) is 5.69 Å². The van der Waals surface area contributed by atoms with E-state index in [0.717, 1.165) is 0 Å². The summed E-state index contributed by atoms with van der Waals surface area (Å²) in [4.78, 5) is 2.75. The van der Waals surface area contributed by atoms with Gasteiger partial charge in [-0.1, -0.05) is 6.07 Å². The van der Waals surface area contributed by atoms with Crippen LogP contribution in [0.25, 0.3) is 4.98 Å². The van der Waals surface area contributed by atoms with Gasteiger partial charge in [0.05, 0.1) is 11.0 Å². The molecule has 12 heavy (non-hydrogen) atoms. The molecule has 0 aromatic heterocycles. The number of diazo groups is 1. The number of rotatable bonds is 1. The minimum Gasteiger partial charge on any atom is -0.225 e. The first-order valence-electron chi connectivity index (χ1n) is 3.02. The lowest BCUT2D eigenvalue weighted by Crippen LogP contribution is -2.11. The van der Waals surface area contributed by atoms with Crippen LogP contribution in [-0.4, -0.2) is 8.42 Å². The van der Waals surface area contributed by atoms with Gasteiger partial charge in [-0.15, -0.1) is 0 Å². The zero-order chi connectivity index (χ0) is 9.19. The maximum absolute atomic E-state index is 10.8. The van der Waals surface area contributed by atoms with Crippen LogP contribution in [0, 0.1) is 5.39 Å². The van der Waals surface area contributed by atoms with Gasteiger partial charge < -0.3 is 0 Å². The number of nitrogens with zero attached hydrogens (tertiary/aromatic N) is 2. The molecule has 62 valence electrons. The topological polar surface area (TPSA) is 88.3 Å². The smallest absolute Gasteiger partial charge is 0.225 e. The third-order valence-corrected chi connectivity index (χ3v) is 2.17. The minimum absolute atomic E-state index is 0.0715. The summed E-state index contributed by atoms with van der Waals surface area (Å²) in [7, 11) is -3.71. The molecule has 1 rings (SSSR count). The van der Waals surface area contributed by atoms with E-state index in [0.29, 0.717) is 0 Å². The fourth-order valence-electron chi connectivity index (χ4n) is 0.723. The lowest BCUT2D eigenvalue weighted by molar-refractivity contribution is 0.598. The highest BCUT2D eigenvalue weighted by Crippen LogP contribution is 2.16. The molecule has 0 aliphatic heterocycles. The summed E-state index contributed by atoms with van der Waals surface area (Å²) in [6.07, 6.45) is 0. The third kappa shape index (κ3) is 1.78. The van der Waals surface area contributed by atoms with Gasteiger partial charge in [-0.2, -0.15) is 0 Å². The Morgan fingerprint density at radius 3 is 2.58 bits per heavy atom. The van der Waals surface area contributed by atoms with E-state index in [1.54, 1.807) is 0 Å². The molecule has 6 heteroatoms. The average Bonchev–Trinajstić information content (AvgIpc) is 2.03. The summed E-state index contributed by atoms with van der Waals surface area (Å²) in [5.74, 6) is 0. The summed E-state index contributed by atoms with van der Waals surface area (Å²) < 4.78 is 21.5.